The maximum absolute atomic E-state index is 5.45. The molecule has 0 fully saturated rings. The summed E-state index contributed by atoms with van der Waals surface area (Å²) >= 11 is 0. The summed E-state index contributed by atoms with van der Waals surface area (Å²) in [6, 6.07) is 8.05. The molecule has 13 heavy (non-hydrogen) atoms. The van der Waals surface area contributed by atoms with E-state index in [9.17, 15) is 0 Å². The fourth-order valence-corrected chi connectivity index (χ4v) is 0.869. The van der Waals surface area contributed by atoms with E-state index in [4.69, 9.17) is 4.74 Å². The van der Waals surface area contributed by atoms with E-state index in [1.165, 1.54) is 11.1 Å². The second-order valence-corrected chi connectivity index (χ2v) is 3.25. The summed E-state index contributed by atoms with van der Waals surface area (Å²) in [6.07, 6.45) is 2.84. The Kier molecular flexibility index (Phi) is 3.56. The Labute approximate surface area is 80.0 Å². The maximum atomic E-state index is 5.45. The minimum absolute atomic E-state index is 0.901. The minimum Gasteiger partial charge on any atom is -0.465 e. The topological polar surface area (TPSA) is 9.23 Å². The van der Waals surface area contributed by atoms with Crippen LogP contribution >= 0.6 is 0 Å². The number of allylic oxidation sites excluding steroid dienone is 1. The molecule has 70 valence electrons. The van der Waals surface area contributed by atoms with Crippen molar-refractivity contribution in [2.75, 3.05) is 0 Å². The quantitative estimate of drug-likeness (QED) is 0.638. The van der Waals surface area contributed by atoms with Crippen LogP contribution in [0.4, 0.5) is 0 Å². The summed E-state index contributed by atoms with van der Waals surface area (Å²) in [7, 11) is 0. The first-order valence-corrected chi connectivity index (χ1v) is 4.61. The lowest BCUT2D eigenvalue weighted by atomic mass is 10.2. The van der Waals surface area contributed by atoms with E-state index in [-0.39, 0.29) is 0 Å². The van der Waals surface area contributed by atoms with Crippen molar-refractivity contribution >= 4 is 0 Å². The molecule has 0 aliphatic carbocycles. The van der Waals surface area contributed by atoms with Crippen LogP contribution in [0.3, 0.4) is 0 Å². The summed E-state index contributed by atoms with van der Waals surface area (Å²) in [5, 5.41) is 0. The third-order valence-electron chi connectivity index (χ3n) is 1.97. The van der Waals surface area contributed by atoms with E-state index in [0.717, 1.165) is 12.2 Å². The summed E-state index contributed by atoms with van der Waals surface area (Å²) in [5.41, 5.74) is 2.50. The van der Waals surface area contributed by atoms with Gasteiger partial charge in [-0.15, -0.1) is 0 Å². The number of hydrogen-bond acceptors (Lipinski definition) is 1. The zero-order valence-corrected chi connectivity index (χ0v) is 8.50. The van der Waals surface area contributed by atoms with Gasteiger partial charge in [0.2, 0.25) is 0 Å². The van der Waals surface area contributed by atoms with Crippen molar-refractivity contribution in [3.63, 3.8) is 0 Å². The summed E-state index contributed by atoms with van der Waals surface area (Å²) in [6.45, 7) is 6.25. The highest BCUT2D eigenvalue weighted by Crippen LogP contribution is 2.12. The van der Waals surface area contributed by atoms with Gasteiger partial charge in [0.15, 0.2) is 0 Å². The van der Waals surface area contributed by atoms with Crippen molar-refractivity contribution in [1.82, 2.24) is 0 Å². The van der Waals surface area contributed by atoms with Gasteiger partial charge in [-0.1, -0.05) is 24.6 Å². The minimum atomic E-state index is 0.901. The van der Waals surface area contributed by atoms with E-state index in [1.807, 2.05) is 30.5 Å². The monoisotopic (exact) mass is 176 g/mol. The van der Waals surface area contributed by atoms with Crippen LogP contribution in [0, 0.1) is 6.92 Å². The van der Waals surface area contributed by atoms with Gasteiger partial charge in [0.25, 0.3) is 0 Å². The average Bonchev–Trinajstić information content (AvgIpc) is 2.16. The fraction of sp³-hybridized carbons (Fsp3) is 0.333. The molecule has 0 N–H and O–H groups in total. The molecule has 0 radical (unpaired) electrons. The molecule has 0 aliphatic rings. The molecule has 0 saturated carbocycles. The van der Waals surface area contributed by atoms with E-state index in [0.29, 0.717) is 0 Å². The molecule has 1 aromatic rings. The van der Waals surface area contributed by atoms with Crippen LogP contribution < -0.4 is 4.74 Å². The first kappa shape index (κ1) is 9.85. The molecule has 0 aliphatic heterocycles. The molecule has 1 aromatic carbocycles. The molecule has 0 heterocycles. The molecular weight excluding hydrogens is 160 g/mol. The number of aryl methyl sites for hydroxylation is 1. The Morgan fingerprint density at radius 1 is 1.31 bits per heavy atom. The van der Waals surface area contributed by atoms with Crippen molar-refractivity contribution in [2.45, 2.75) is 27.2 Å². The van der Waals surface area contributed by atoms with Crippen molar-refractivity contribution in [2.24, 2.45) is 0 Å². The highest BCUT2D eigenvalue weighted by Gasteiger charge is 1.90. The Morgan fingerprint density at radius 3 is 2.46 bits per heavy atom. The van der Waals surface area contributed by atoms with E-state index in [1.54, 1.807) is 0 Å². The lowest BCUT2D eigenvalue weighted by molar-refractivity contribution is 0.473. The standard InChI is InChI=1S/C12H16O/c1-4-10(2)9-13-12-7-5-11(3)6-8-12/h5-9H,4H2,1-3H3/b10-9-. The van der Waals surface area contributed by atoms with Gasteiger partial charge in [0, 0.05) is 0 Å². The van der Waals surface area contributed by atoms with Gasteiger partial charge in [-0.05, 0) is 38.0 Å². The molecule has 1 rings (SSSR count). The number of hydrogen-bond donors (Lipinski definition) is 0. The lowest BCUT2D eigenvalue weighted by Gasteiger charge is -2.01. The third kappa shape index (κ3) is 3.32. The van der Waals surface area contributed by atoms with Gasteiger partial charge >= 0.3 is 0 Å². The van der Waals surface area contributed by atoms with Crippen LogP contribution in [0.1, 0.15) is 25.8 Å². The predicted molar refractivity (Wildman–Crippen MR) is 55.9 cm³/mol. The molecule has 0 unspecified atom stereocenters. The van der Waals surface area contributed by atoms with Crippen LogP contribution in [0.5, 0.6) is 5.75 Å². The Balaban J connectivity index is 2.60. The van der Waals surface area contributed by atoms with Gasteiger partial charge in [0.05, 0.1) is 6.26 Å². The zero-order chi connectivity index (χ0) is 9.68. The van der Waals surface area contributed by atoms with Crippen LogP contribution in [0.15, 0.2) is 36.1 Å². The molecule has 0 bridgehead atoms. The van der Waals surface area contributed by atoms with Crippen molar-refractivity contribution in [3.8, 4) is 5.75 Å². The Morgan fingerprint density at radius 2 is 1.92 bits per heavy atom. The van der Waals surface area contributed by atoms with Gasteiger partial charge < -0.3 is 4.74 Å². The number of benzene rings is 1. The Hall–Kier alpha value is -1.24. The first-order valence-electron chi connectivity index (χ1n) is 4.61. The smallest absolute Gasteiger partial charge is 0.126 e. The molecule has 0 saturated heterocycles. The average molecular weight is 176 g/mol. The summed E-state index contributed by atoms with van der Waals surface area (Å²) in [5.74, 6) is 0.901. The molecule has 0 aromatic heterocycles. The maximum Gasteiger partial charge on any atom is 0.126 e. The van der Waals surface area contributed by atoms with Gasteiger partial charge in [0.1, 0.15) is 5.75 Å². The molecule has 1 nitrogen and oxygen atoms in total. The fourth-order valence-electron chi connectivity index (χ4n) is 0.869. The van der Waals surface area contributed by atoms with Crippen LogP contribution in [-0.2, 0) is 0 Å². The van der Waals surface area contributed by atoms with Gasteiger partial charge in [-0.3, -0.25) is 0 Å². The zero-order valence-electron chi connectivity index (χ0n) is 8.50. The normalized spacial score (nSPS) is 11.5. The van der Waals surface area contributed by atoms with Crippen molar-refractivity contribution in [1.29, 1.82) is 0 Å². The SMILES string of the molecule is CC/C(C)=C\Oc1ccc(C)cc1. The molecule has 1 heteroatoms. The third-order valence-corrected chi connectivity index (χ3v) is 1.97. The molecular formula is C12H16O. The second kappa shape index (κ2) is 4.70. The predicted octanol–water partition coefficient (Wildman–Crippen LogP) is 3.69. The van der Waals surface area contributed by atoms with Crippen molar-refractivity contribution in [3.05, 3.63) is 41.7 Å². The second-order valence-electron chi connectivity index (χ2n) is 3.25. The van der Waals surface area contributed by atoms with E-state index in [2.05, 4.69) is 20.8 Å². The number of ether oxygens (including phenoxy) is 1. The number of rotatable bonds is 3. The van der Waals surface area contributed by atoms with Gasteiger partial charge in [-0.2, -0.15) is 0 Å². The van der Waals surface area contributed by atoms with Crippen LogP contribution in [0.2, 0.25) is 0 Å². The van der Waals surface area contributed by atoms with Crippen molar-refractivity contribution < 1.29 is 4.74 Å². The van der Waals surface area contributed by atoms with Gasteiger partial charge in [-0.25, -0.2) is 0 Å². The highest BCUT2D eigenvalue weighted by molar-refractivity contribution is 5.27. The van der Waals surface area contributed by atoms with Crippen LogP contribution in [0.25, 0.3) is 0 Å². The largest absolute Gasteiger partial charge is 0.465 e. The lowest BCUT2D eigenvalue weighted by Crippen LogP contribution is -1.84. The molecule has 0 spiro atoms. The van der Waals surface area contributed by atoms with Crippen LogP contribution in [-0.4, -0.2) is 0 Å². The summed E-state index contributed by atoms with van der Waals surface area (Å²) < 4.78 is 5.45. The first-order chi connectivity index (χ1) is 6.22. The molecule has 0 atom stereocenters. The Bertz CT molecular complexity index is 282. The highest BCUT2D eigenvalue weighted by atomic mass is 16.5. The summed E-state index contributed by atoms with van der Waals surface area (Å²) in [4.78, 5) is 0. The molecule has 0 amide bonds. The van der Waals surface area contributed by atoms with E-state index < -0.39 is 0 Å². The van der Waals surface area contributed by atoms with E-state index >= 15 is 0 Å².